The Labute approximate surface area is 139 Å². The SMILES string of the molecule is N=C1C(=NOS(=O)(=O)C(F)(F)C(F)(F)C(F)(F)C(F)(F)F)C2C=CC1C2. The van der Waals surface area contributed by atoms with E-state index >= 15 is 0 Å². The van der Waals surface area contributed by atoms with Gasteiger partial charge in [0.2, 0.25) is 0 Å². The van der Waals surface area contributed by atoms with E-state index in [1.165, 1.54) is 12.2 Å². The van der Waals surface area contributed by atoms with Crippen molar-refractivity contribution in [3.05, 3.63) is 12.2 Å². The molecule has 2 rings (SSSR count). The molecule has 2 aliphatic carbocycles. The minimum absolute atomic E-state index is 0.194. The number of nitrogens with one attached hydrogen (secondary N) is 1. The van der Waals surface area contributed by atoms with Crippen LogP contribution in [0.25, 0.3) is 0 Å². The lowest BCUT2D eigenvalue weighted by atomic mass is 10.0. The van der Waals surface area contributed by atoms with Crippen LogP contribution in [0.1, 0.15) is 6.42 Å². The lowest BCUT2D eigenvalue weighted by molar-refractivity contribution is -0.382. The lowest BCUT2D eigenvalue weighted by Gasteiger charge is -2.31. The van der Waals surface area contributed by atoms with Gasteiger partial charge in [-0.2, -0.15) is 47.9 Å². The van der Waals surface area contributed by atoms with Crippen LogP contribution in [0.4, 0.5) is 39.5 Å². The maximum atomic E-state index is 13.4. The molecule has 26 heavy (non-hydrogen) atoms. The van der Waals surface area contributed by atoms with Gasteiger partial charge in [-0.1, -0.05) is 17.3 Å². The quantitative estimate of drug-likeness (QED) is 0.423. The van der Waals surface area contributed by atoms with Gasteiger partial charge in [0.05, 0.1) is 5.71 Å². The first kappa shape index (κ1) is 20.5. The second-order valence-corrected chi connectivity index (χ2v) is 6.99. The van der Waals surface area contributed by atoms with Gasteiger partial charge in [0.25, 0.3) is 0 Å². The number of hydrogen-bond donors (Lipinski definition) is 1. The standard InChI is InChI=1S/C11H7F9N2O3S/c12-8(13,10(16,17)18)9(14,15)11(19,20)26(23,24)25-22-7-5-2-1-4(3-5)6(7)21/h1-2,4-5,21H,3H2. The second kappa shape index (κ2) is 5.60. The van der Waals surface area contributed by atoms with Gasteiger partial charge >= 0.3 is 33.4 Å². The van der Waals surface area contributed by atoms with E-state index in [9.17, 15) is 47.9 Å². The third-order valence-electron chi connectivity index (χ3n) is 3.75. The summed E-state index contributed by atoms with van der Waals surface area (Å²) < 4.78 is 140. The van der Waals surface area contributed by atoms with E-state index in [1.807, 2.05) is 0 Å². The Hall–Kier alpha value is -1.80. The Morgan fingerprint density at radius 2 is 1.46 bits per heavy atom. The molecule has 0 saturated heterocycles. The summed E-state index contributed by atoms with van der Waals surface area (Å²) in [6.45, 7) is 0. The minimum atomic E-state index is -7.39. The smallest absolute Gasteiger partial charge is 0.303 e. The first-order chi connectivity index (χ1) is 11.5. The molecule has 0 aromatic rings. The third kappa shape index (κ3) is 2.66. The Bertz CT molecular complexity index is 785. The van der Waals surface area contributed by atoms with E-state index in [2.05, 4.69) is 9.44 Å². The fraction of sp³-hybridized carbons (Fsp3) is 0.636. The summed E-state index contributed by atoms with van der Waals surface area (Å²) in [5, 5.41) is 3.12. The van der Waals surface area contributed by atoms with E-state index in [4.69, 9.17) is 5.41 Å². The Morgan fingerprint density at radius 3 is 1.88 bits per heavy atom. The molecule has 0 amide bonds. The number of alkyl halides is 9. The van der Waals surface area contributed by atoms with Crippen LogP contribution in [0.2, 0.25) is 0 Å². The molecular weight excluding hydrogens is 411 g/mol. The van der Waals surface area contributed by atoms with Crippen molar-refractivity contribution >= 4 is 21.5 Å². The molecule has 2 unspecified atom stereocenters. The van der Waals surface area contributed by atoms with Gasteiger partial charge in [0.15, 0.2) is 0 Å². The molecule has 0 radical (unpaired) electrons. The summed E-state index contributed by atoms with van der Waals surface area (Å²) >= 11 is 0. The molecule has 1 N–H and O–H groups in total. The van der Waals surface area contributed by atoms with Crippen molar-refractivity contribution in [2.75, 3.05) is 0 Å². The monoisotopic (exact) mass is 418 g/mol. The van der Waals surface area contributed by atoms with Crippen molar-refractivity contribution in [3.8, 4) is 0 Å². The number of allylic oxidation sites excluding steroid dienone is 2. The maximum Gasteiger partial charge on any atom is 0.460 e. The van der Waals surface area contributed by atoms with Crippen molar-refractivity contribution in [1.82, 2.24) is 0 Å². The van der Waals surface area contributed by atoms with E-state index in [-0.39, 0.29) is 12.1 Å². The predicted molar refractivity (Wildman–Crippen MR) is 66.8 cm³/mol. The minimum Gasteiger partial charge on any atom is -0.303 e. The van der Waals surface area contributed by atoms with Crippen LogP contribution >= 0.6 is 0 Å². The number of hydrogen-bond acceptors (Lipinski definition) is 5. The van der Waals surface area contributed by atoms with Crippen LogP contribution in [0.5, 0.6) is 0 Å². The highest BCUT2D eigenvalue weighted by Gasteiger charge is 2.86. The van der Waals surface area contributed by atoms with E-state index in [0.29, 0.717) is 0 Å². The molecule has 1 saturated carbocycles. The first-order valence-corrected chi connectivity index (χ1v) is 7.86. The molecule has 0 aromatic heterocycles. The molecule has 2 bridgehead atoms. The molecule has 1 fully saturated rings. The predicted octanol–water partition coefficient (Wildman–Crippen LogP) is 3.34. The molecule has 5 nitrogen and oxygen atoms in total. The molecular formula is C11H7F9N2O3S. The molecule has 0 heterocycles. The molecule has 148 valence electrons. The normalized spacial score (nSPS) is 26.0. The van der Waals surface area contributed by atoms with Gasteiger partial charge in [-0.05, 0) is 6.42 Å². The molecule has 2 aliphatic rings. The van der Waals surface area contributed by atoms with E-state index < -0.39 is 50.9 Å². The average Bonchev–Trinajstić information content (AvgIpc) is 3.05. The molecule has 15 heteroatoms. The summed E-state index contributed by atoms with van der Waals surface area (Å²) in [7, 11) is -7.06. The van der Waals surface area contributed by atoms with Crippen molar-refractivity contribution in [1.29, 1.82) is 5.41 Å². The largest absolute Gasteiger partial charge is 0.460 e. The lowest BCUT2D eigenvalue weighted by Crippen LogP contribution is -2.63. The number of halogens is 9. The maximum absolute atomic E-state index is 13.4. The Kier molecular flexibility index (Phi) is 4.42. The molecule has 2 atom stereocenters. The number of oxime groups is 1. The van der Waals surface area contributed by atoms with Crippen molar-refractivity contribution in [2.45, 2.75) is 29.7 Å². The van der Waals surface area contributed by atoms with Gasteiger partial charge in [0, 0.05) is 11.8 Å². The second-order valence-electron chi connectivity index (χ2n) is 5.42. The zero-order chi connectivity index (χ0) is 20.3. The summed E-state index contributed by atoms with van der Waals surface area (Å²) in [5.74, 6) is -16.1. The van der Waals surface area contributed by atoms with Crippen molar-refractivity contribution in [2.24, 2.45) is 17.0 Å². The number of rotatable bonds is 5. The summed E-state index contributed by atoms with van der Waals surface area (Å²) in [4.78, 5) is 0. The highest BCUT2D eigenvalue weighted by Crippen LogP contribution is 2.55. The topological polar surface area (TPSA) is 79.6 Å². The van der Waals surface area contributed by atoms with E-state index in [0.717, 1.165) is 0 Å². The molecule has 0 spiro atoms. The summed E-state index contributed by atoms with van der Waals surface area (Å²) in [6, 6.07) is 0. The first-order valence-electron chi connectivity index (χ1n) is 6.45. The summed E-state index contributed by atoms with van der Waals surface area (Å²) in [6.07, 6.45) is -4.10. The van der Waals surface area contributed by atoms with Gasteiger partial charge in [0.1, 0.15) is 5.71 Å². The number of fused-ring (bicyclic) bond motifs is 2. The third-order valence-corrected chi connectivity index (χ3v) is 4.90. The van der Waals surface area contributed by atoms with Crippen molar-refractivity contribution in [3.63, 3.8) is 0 Å². The summed E-state index contributed by atoms with van der Waals surface area (Å²) in [5.41, 5.74) is -0.925. The molecule has 0 aliphatic heterocycles. The average molecular weight is 418 g/mol. The van der Waals surface area contributed by atoms with Crippen LogP contribution in [0.3, 0.4) is 0 Å². The van der Waals surface area contributed by atoms with Gasteiger partial charge in [-0.25, -0.2) is 0 Å². The Morgan fingerprint density at radius 1 is 0.962 bits per heavy atom. The van der Waals surface area contributed by atoms with Gasteiger partial charge in [-0.15, -0.1) is 0 Å². The number of nitrogens with zero attached hydrogens (tertiary/aromatic N) is 1. The van der Waals surface area contributed by atoms with E-state index in [1.54, 1.807) is 0 Å². The zero-order valence-corrected chi connectivity index (χ0v) is 12.8. The van der Waals surface area contributed by atoms with Crippen LogP contribution in [-0.4, -0.2) is 43.1 Å². The van der Waals surface area contributed by atoms with Crippen molar-refractivity contribution < 1.29 is 52.2 Å². The van der Waals surface area contributed by atoms with Crippen LogP contribution < -0.4 is 0 Å². The highest BCUT2D eigenvalue weighted by molar-refractivity contribution is 7.87. The van der Waals surface area contributed by atoms with Crippen LogP contribution in [0, 0.1) is 17.2 Å². The fourth-order valence-corrected chi connectivity index (χ4v) is 2.99. The molecule has 0 aromatic carbocycles. The Balaban J connectivity index is 2.35. The zero-order valence-electron chi connectivity index (χ0n) is 12.0. The van der Waals surface area contributed by atoms with Gasteiger partial charge in [-0.3, -0.25) is 4.28 Å². The van der Waals surface area contributed by atoms with Crippen LogP contribution in [0.15, 0.2) is 17.3 Å². The van der Waals surface area contributed by atoms with Gasteiger partial charge < -0.3 is 5.41 Å². The fourth-order valence-electron chi connectivity index (χ4n) is 2.28. The van der Waals surface area contributed by atoms with Crippen LogP contribution in [-0.2, 0) is 14.4 Å². The highest BCUT2D eigenvalue weighted by atomic mass is 32.2.